The number of ether oxygens (including phenoxy) is 1. The normalized spacial score (nSPS) is 10.8. The van der Waals surface area contributed by atoms with Gasteiger partial charge >= 0.3 is 0 Å². The molecule has 4 rings (SSSR count). The van der Waals surface area contributed by atoms with Crippen LogP contribution >= 0.6 is 0 Å². The lowest BCUT2D eigenvalue weighted by atomic mass is 9.97. The third kappa shape index (κ3) is 5.92. The molecule has 2 aromatic heterocycles. The topological polar surface area (TPSA) is 93.7 Å². The van der Waals surface area contributed by atoms with E-state index < -0.39 is 0 Å². The summed E-state index contributed by atoms with van der Waals surface area (Å²) >= 11 is 0. The molecule has 37 heavy (non-hydrogen) atoms. The molecule has 0 radical (unpaired) electrons. The number of rotatable bonds is 10. The van der Waals surface area contributed by atoms with E-state index in [4.69, 9.17) is 9.72 Å². The molecule has 0 unspecified atom stereocenters. The van der Waals surface area contributed by atoms with E-state index in [-0.39, 0.29) is 11.5 Å². The van der Waals surface area contributed by atoms with Crippen LogP contribution in [0.25, 0.3) is 17.1 Å². The van der Waals surface area contributed by atoms with E-state index in [9.17, 15) is 10.1 Å². The molecule has 0 amide bonds. The summed E-state index contributed by atoms with van der Waals surface area (Å²) in [5.41, 5.74) is 4.80. The van der Waals surface area contributed by atoms with Crippen LogP contribution in [0.5, 0.6) is 5.75 Å². The monoisotopic (exact) mass is 493 g/mol. The number of unbranched alkanes of at least 4 members (excludes halogenated alkanes) is 1. The van der Waals surface area contributed by atoms with Gasteiger partial charge in [0.25, 0.3) is 5.56 Å². The summed E-state index contributed by atoms with van der Waals surface area (Å²) in [5, 5.41) is 9.45. The van der Waals surface area contributed by atoms with Crippen LogP contribution in [0.4, 0.5) is 0 Å². The molecular weight excluding hydrogens is 462 g/mol. The van der Waals surface area contributed by atoms with Gasteiger partial charge in [0, 0.05) is 12.0 Å². The van der Waals surface area contributed by atoms with E-state index in [0.29, 0.717) is 35.7 Å². The summed E-state index contributed by atoms with van der Waals surface area (Å²) in [5.74, 6) is 1.42. The zero-order valence-corrected chi connectivity index (χ0v) is 21.6. The Labute approximate surface area is 217 Å². The highest BCUT2D eigenvalue weighted by molar-refractivity contribution is 5.70. The minimum absolute atomic E-state index is 0.153. The standard InChI is InChI=1S/C30H31N5O2/c1-4-6-11-28-27(17-22-12-14-23(15-13-22)26-10-8-7-9-24(26)18-31)29(36)35(21(3)34-28)30-32-19-25(20-33-30)37-16-5-2/h7-10,12-15,19-20H,4-6,11,16-17H2,1-3H3. The van der Waals surface area contributed by atoms with E-state index >= 15 is 0 Å². The molecule has 0 aliphatic carbocycles. The number of hydrogen-bond acceptors (Lipinski definition) is 6. The van der Waals surface area contributed by atoms with Crippen LogP contribution in [0, 0.1) is 18.3 Å². The van der Waals surface area contributed by atoms with Gasteiger partial charge in [-0.15, -0.1) is 0 Å². The van der Waals surface area contributed by atoms with Crippen molar-refractivity contribution in [1.82, 2.24) is 19.5 Å². The average molecular weight is 494 g/mol. The molecule has 0 aliphatic heterocycles. The van der Waals surface area contributed by atoms with Gasteiger partial charge in [-0.25, -0.2) is 19.5 Å². The molecule has 7 heteroatoms. The van der Waals surface area contributed by atoms with E-state index in [1.807, 2.05) is 62.4 Å². The molecule has 7 nitrogen and oxygen atoms in total. The minimum Gasteiger partial charge on any atom is -0.490 e. The van der Waals surface area contributed by atoms with Crippen molar-refractivity contribution in [1.29, 1.82) is 5.26 Å². The Morgan fingerprint density at radius 3 is 2.41 bits per heavy atom. The summed E-state index contributed by atoms with van der Waals surface area (Å²) in [6, 6.07) is 17.8. The largest absolute Gasteiger partial charge is 0.490 e. The molecule has 188 valence electrons. The molecule has 0 fully saturated rings. The molecule has 2 aromatic carbocycles. The quantitative estimate of drug-likeness (QED) is 0.286. The van der Waals surface area contributed by atoms with Gasteiger partial charge in [0.05, 0.1) is 36.3 Å². The maximum absolute atomic E-state index is 13.8. The summed E-state index contributed by atoms with van der Waals surface area (Å²) in [4.78, 5) is 27.4. The van der Waals surface area contributed by atoms with Crippen LogP contribution in [-0.2, 0) is 12.8 Å². The van der Waals surface area contributed by atoms with Gasteiger partial charge < -0.3 is 4.74 Å². The lowest BCUT2D eigenvalue weighted by molar-refractivity contribution is 0.314. The molecule has 4 aromatic rings. The molecule has 0 spiro atoms. The Kier molecular flexibility index (Phi) is 8.42. The van der Waals surface area contributed by atoms with E-state index in [2.05, 4.69) is 23.0 Å². The van der Waals surface area contributed by atoms with Crippen LogP contribution in [-0.4, -0.2) is 26.1 Å². The van der Waals surface area contributed by atoms with Crippen molar-refractivity contribution in [3.63, 3.8) is 0 Å². The summed E-state index contributed by atoms with van der Waals surface area (Å²) < 4.78 is 7.06. The molecular formula is C30H31N5O2. The fourth-order valence-electron chi connectivity index (χ4n) is 4.24. The van der Waals surface area contributed by atoms with E-state index in [1.165, 1.54) is 4.57 Å². The Hall–Kier alpha value is -4.31. The maximum atomic E-state index is 13.8. The van der Waals surface area contributed by atoms with Gasteiger partial charge in [0.1, 0.15) is 5.82 Å². The number of nitrogens with zero attached hydrogens (tertiary/aromatic N) is 5. The first-order valence-electron chi connectivity index (χ1n) is 12.7. The predicted molar refractivity (Wildman–Crippen MR) is 144 cm³/mol. The Morgan fingerprint density at radius 2 is 1.73 bits per heavy atom. The van der Waals surface area contributed by atoms with Crippen molar-refractivity contribution in [2.45, 2.75) is 52.9 Å². The van der Waals surface area contributed by atoms with Crippen LogP contribution in [0.2, 0.25) is 0 Å². The average Bonchev–Trinajstić information content (AvgIpc) is 2.93. The first-order valence-corrected chi connectivity index (χ1v) is 12.7. The lowest BCUT2D eigenvalue weighted by Gasteiger charge is -2.15. The highest BCUT2D eigenvalue weighted by Crippen LogP contribution is 2.24. The number of nitriles is 1. The molecule has 0 atom stereocenters. The second-order valence-corrected chi connectivity index (χ2v) is 8.93. The van der Waals surface area contributed by atoms with Crippen molar-refractivity contribution in [3.05, 3.63) is 99.5 Å². The van der Waals surface area contributed by atoms with Gasteiger partial charge in [0.2, 0.25) is 5.95 Å². The van der Waals surface area contributed by atoms with Crippen molar-refractivity contribution < 1.29 is 4.74 Å². The first kappa shape index (κ1) is 25.8. The van der Waals surface area contributed by atoms with Gasteiger partial charge in [0.15, 0.2) is 5.75 Å². The number of hydrogen-bond donors (Lipinski definition) is 0. The number of aryl methyl sites for hydroxylation is 2. The lowest BCUT2D eigenvalue weighted by Crippen LogP contribution is -2.29. The number of aromatic nitrogens is 4. The Balaban J connectivity index is 1.70. The smallest absolute Gasteiger partial charge is 0.264 e. The maximum Gasteiger partial charge on any atom is 0.264 e. The Bertz CT molecular complexity index is 1450. The van der Waals surface area contributed by atoms with Crippen molar-refractivity contribution in [2.75, 3.05) is 6.61 Å². The van der Waals surface area contributed by atoms with Gasteiger partial charge in [-0.05, 0) is 48.9 Å². The zero-order chi connectivity index (χ0) is 26.2. The second-order valence-electron chi connectivity index (χ2n) is 8.93. The van der Waals surface area contributed by atoms with E-state index in [0.717, 1.165) is 48.1 Å². The highest BCUT2D eigenvalue weighted by Gasteiger charge is 2.18. The zero-order valence-electron chi connectivity index (χ0n) is 21.6. The third-order valence-corrected chi connectivity index (χ3v) is 6.18. The highest BCUT2D eigenvalue weighted by atomic mass is 16.5. The van der Waals surface area contributed by atoms with Gasteiger partial charge in [-0.2, -0.15) is 5.26 Å². The van der Waals surface area contributed by atoms with Gasteiger partial charge in [-0.3, -0.25) is 4.79 Å². The number of benzene rings is 2. The second kappa shape index (κ2) is 12.1. The van der Waals surface area contributed by atoms with Crippen LogP contribution < -0.4 is 10.3 Å². The summed E-state index contributed by atoms with van der Waals surface area (Å²) in [6.45, 7) is 6.55. The third-order valence-electron chi connectivity index (χ3n) is 6.18. The summed E-state index contributed by atoms with van der Waals surface area (Å²) in [6.07, 6.45) is 7.21. The van der Waals surface area contributed by atoms with Crippen LogP contribution in [0.15, 0.2) is 65.7 Å². The van der Waals surface area contributed by atoms with Gasteiger partial charge in [-0.1, -0.05) is 62.7 Å². The van der Waals surface area contributed by atoms with Crippen molar-refractivity contribution >= 4 is 0 Å². The fourth-order valence-corrected chi connectivity index (χ4v) is 4.24. The Morgan fingerprint density at radius 1 is 1.00 bits per heavy atom. The van der Waals surface area contributed by atoms with Crippen molar-refractivity contribution in [3.8, 4) is 28.9 Å². The van der Waals surface area contributed by atoms with E-state index in [1.54, 1.807) is 12.4 Å². The minimum atomic E-state index is -0.153. The first-order chi connectivity index (χ1) is 18.0. The fraction of sp³-hybridized carbons (Fsp3) is 0.300. The molecule has 2 heterocycles. The van der Waals surface area contributed by atoms with Crippen LogP contribution in [0.3, 0.4) is 0 Å². The summed E-state index contributed by atoms with van der Waals surface area (Å²) in [7, 11) is 0. The van der Waals surface area contributed by atoms with Crippen LogP contribution in [0.1, 0.15) is 61.3 Å². The molecule has 0 saturated carbocycles. The SMILES string of the molecule is CCCCc1nc(C)n(-c2ncc(OCCC)cn2)c(=O)c1Cc1ccc(-c2ccccc2C#N)cc1. The molecule has 0 bridgehead atoms. The molecule has 0 N–H and O–H groups in total. The predicted octanol–water partition coefficient (Wildman–Crippen LogP) is 5.59. The molecule has 0 aliphatic rings. The van der Waals surface area contributed by atoms with Crippen molar-refractivity contribution in [2.24, 2.45) is 0 Å². The molecule has 0 saturated heterocycles.